The van der Waals surface area contributed by atoms with Gasteiger partial charge in [-0.25, -0.2) is 0 Å². The summed E-state index contributed by atoms with van der Waals surface area (Å²) in [6.07, 6.45) is 1.72. The summed E-state index contributed by atoms with van der Waals surface area (Å²) in [6.45, 7) is 4.01. The molecule has 0 aliphatic rings. The molecular formula is C14H16BrNOS. The molecule has 2 unspecified atom stereocenters. The van der Waals surface area contributed by atoms with Crippen molar-refractivity contribution in [1.29, 1.82) is 0 Å². The second-order valence-electron chi connectivity index (χ2n) is 4.29. The Morgan fingerprint density at radius 1 is 1.22 bits per heavy atom. The zero-order valence-corrected chi connectivity index (χ0v) is 12.8. The number of rotatable bonds is 4. The van der Waals surface area contributed by atoms with Gasteiger partial charge in [0.05, 0.1) is 6.26 Å². The summed E-state index contributed by atoms with van der Waals surface area (Å²) >= 11 is 5.21. The highest BCUT2D eigenvalue weighted by atomic mass is 79.9. The van der Waals surface area contributed by atoms with E-state index in [1.54, 1.807) is 18.0 Å². The van der Waals surface area contributed by atoms with E-state index in [1.807, 2.05) is 32.0 Å². The lowest BCUT2D eigenvalue weighted by Gasteiger charge is -2.20. The molecule has 2 aromatic rings. The largest absolute Gasteiger partial charge is 0.468 e. The number of halogens is 1. The summed E-state index contributed by atoms with van der Waals surface area (Å²) < 4.78 is 6.41. The van der Waals surface area contributed by atoms with Crippen LogP contribution in [-0.2, 0) is 0 Å². The normalized spacial score (nSPS) is 14.4. The van der Waals surface area contributed by atoms with Crippen molar-refractivity contribution in [2.45, 2.75) is 30.0 Å². The molecule has 4 heteroatoms. The minimum Gasteiger partial charge on any atom is -0.468 e. The van der Waals surface area contributed by atoms with Gasteiger partial charge in [0.2, 0.25) is 0 Å². The molecule has 18 heavy (non-hydrogen) atoms. The van der Waals surface area contributed by atoms with Crippen molar-refractivity contribution in [3.8, 4) is 0 Å². The van der Waals surface area contributed by atoms with Gasteiger partial charge in [0, 0.05) is 20.7 Å². The summed E-state index contributed by atoms with van der Waals surface area (Å²) in [5, 5.41) is 0.231. The minimum atomic E-state index is 0.0745. The Bertz CT molecular complexity index is 507. The van der Waals surface area contributed by atoms with E-state index in [9.17, 15) is 0 Å². The molecule has 0 amide bonds. The Balaban J connectivity index is 2.24. The van der Waals surface area contributed by atoms with Crippen LogP contribution in [-0.4, -0.2) is 6.04 Å². The first-order chi connectivity index (χ1) is 8.58. The van der Waals surface area contributed by atoms with E-state index in [-0.39, 0.29) is 11.3 Å². The number of thioether (sulfide) groups is 1. The van der Waals surface area contributed by atoms with Crippen LogP contribution in [0.1, 0.15) is 23.5 Å². The number of aryl methyl sites for hydroxylation is 1. The lowest BCUT2D eigenvalue weighted by Crippen LogP contribution is -2.22. The monoisotopic (exact) mass is 325 g/mol. The lowest BCUT2D eigenvalue weighted by atomic mass is 10.1. The summed E-state index contributed by atoms with van der Waals surface area (Å²) in [7, 11) is 0. The topological polar surface area (TPSA) is 39.2 Å². The molecule has 1 heterocycles. The molecule has 0 fully saturated rings. The molecule has 2 nitrogen and oxygen atoms in total. The van der Waals surface area contributed by atoms with Crippen LogP contribution in [0.4, 0.5) is 0 Å². The number of hydrogen-bond acceptors (Lipinski definition) is 3. The van der Waals surface area contributed by atoms with E-state index >= 15 is 0 Å². The predicted molar refractivity (Wildman–Crippen MR) is 79.8 cm³/mol. The van der Waals surface area contributed by atoms with Gasteiger partial charge in [-0.05, 0) is 37.6 Å². The maximum Gasteiger partial charge on any atom is 0.114 e. The maximum absolute atomic E-state index is 6.11. The zero-order valence-electron chi connectivity index (χ0n) is 10.4. The van der Waals surface area contributed by atoms with Gasteiger partial charge < -0.3 is 10.2 Å². The zero-order chi connectivity index (χ0) is 13.1. The molecule has 0 aliphatic heterocycles. The van der Waals surface area contributed by atoms with Gasteiger partial charge in [-0.15, -0.1) is 11.8 Å². The molecule has 0 bridgehead atoms. The fraction of sp³-hybridized carbons (Fsp3) is 0.286. The standard InChI is InChI=1S/C14H16BrNOS/c1-9(16)14(11-3-5-12(15)6-4-11)18-13-7-8-17-10(13)2/h3-9,14H,16H2,1-2H3. The molecule has 2 atom stereocenters. The van der Waals surface area contributed by atoms with E-state index in [1.165, 1.54) is 5.56 Å². The summed E-state index contributed by atoms with van der Waals surface area (Å²) in [6, 6.07) is 10.4. The van der Waals surface area contributed by atoms with Crippen LogP contribution in [0.5, 0.6) is 0 Å². The Hall–Kier alpha value is -0.710. The quantitative estimate of drug-likeness (QED) is 0.839. The van der Waals surface area contributed by atoms with E-state index in [0.29, 0.717) is 0 Å². The molecule has 0 aliphatic carbocycles. The molecule has 96 valence electrons. The third kappa shape index (κ3) is 3.19. The Morgan fingerprint density at radius 2 is 1.89 bits per heavy atom. The maximum atomic E-state index is 6.11. The van der Waals surface area contributed by atoms with Gasteiger partial charge in [0.25, 0.3) is 0 Å². The van der Waals surface area contributed by atoms with Crippen LogP contribution in [0, 0.1) is 6.92 Å². The molecule has 1 aromatic heterocycles. The molecule has 0 radical (unpaired) electrons. The molecule has 2 N–H and O–H groups in total. The highest BCUT2D eigenvalue weighted by Crippen LogP contribution is 2.39. The van der Waals surface area contributed by atoms with Crippen molar-refractivity contribution in [2.75, 3.05) is 0 Å². The number of hydrogen-bond donors (Lipinski definition) is 1. The molecule has 1 aromatic carbocycles. The van der Waals surface area contributed by atoms with Gasteiger partial charge in [0.15, 0.2) is 0 Å². The smallest absolute Gasteiger partial charge is 0.114 e. The van der Waals surface area contributed by atoms with E-state index in [2.05, 4.69) is 28.1 Å². The number of nitrogens with two attached hydrogens (primary N) is 1. The molecular weight excluding hydrogens is 310 g/mol. The molecule has 0 saturated heterocycles. The fourth-order valence-corrected chi connectivity index (χ4v) is 3.16. The van der Waals surface area contributed by atoms with Crippen molar-refractivity contribution in [1.82, 2.24) is 0 Å². The third-order valence-corrected chi connectivity index (χ3v) is 4.90. The van der Waals surface area contributed by atoms with Gasteiger partial charge >= 0.3 is 0 Å². The first-order valence-electron chi connectivity index (χ1n) is 5.79. The van der Waals surface area contributed by atoms with Crippen molar-refractivity contribution >= 4 is 27.7 Å². The first kappa shape index (κ1) is 13.7. The Morgan fingerprint density at radius 3 is 2.39 bits per heavy atom. The summed E-state index contributed by atoms with van der Waals surface area (Å²) in [4.78, 5) is 1.15. The van der Waals surface area contributed by atoms with Gasteiger partial charge in [-0.2, -0.15) is 0 Å². The van der Waals surface area contributed by atoms with E-state index in [0.717, 1.165) is 15.1 Å². The van der Waals surface area contributed by atoms with Crippen LogP contribution in [0.3, 0.4) is 0 Å². The summed E-state index contributed by atoms with van der Waals surface area (Å²) in [5.74, 6) is 0.947. The predicted octanol–water partition coefficient (Wildman–Crippen LogP) is 4.53. The molecule has 2 rings (SSSR count). The number of furan rings is 1. The van der Waals surface area contributed by atoms with E-state index in [4.69, 9.17) is 10.2 Å². The highest BCUT2D eigenvalue weighted by Gasteiger charge is 2.19. The lowest BCUT2D eigenvalue weighted by molar-refractivity contribution is 0.526. The second-order valence-corrected chi connectivity index (χ2v) is 6.39. The third-order valence-electron chi connectivity index (χ3n) is 2.74. The van der Waals surface area contributed by atoms with Gasteiger partial charge in [-0.1, -0.05) is 28.1 Å². The Labute approximate surface area is 120 Å². The van der Waals surface area contributed by atoms with Crippen molar-refractivity contribution in [2.24, 2.45) is 5.73 Å². The van der Waals surface area contributed by atoms with Crippen LogP contribution >= 0.6 is 27.7 Å². The van der Waals surface area contributed by atoms with Crippen molar-refractivity contribution < 1.29 is 4.42 Å². The van der Waals surface area contributed by atoms with Gasteiger partial charge in [0.1, 0.15) is 5.76 Å². The average Bonchev–Trinajstić information content (AvgIpc) is 2.73. The SMILES string of the molecule is Cc1occc1SC(c1ccc(Br)cc1)C(C)N. The Kier molecular flexibility index (Phi) is 4.54. The van der Waals surface area contributed by atoms with Gasteiger partial charge in [-0.3, -0.25) is 0 Å². The second kappa shape index (κ2) is 5.95. The first-order valence-corrected chi connectivity index (χ1v) is 7.47. The van der Waals surface area contributed by atoms with Crippen LogP contribution < -0.4 is 5.73 Å². The van der Waals surface area contributed by atoms with Crippen LogP contribution in [0.2, 0.25) is 0 Å². The minimum absolute atomic E-state index is 0.0745. The fourth-order valence-electron chi connectivity index (χ4n) is 1.76. The highest BCUT2D eigenvalue weighted by molar-refractivity contribution is 9.10. The van der Waals surface area contributed by atoms with Crippen molar-refractivity contribution in [3.63, 3.8) is 0 Å². The van der Waals surface area contributed by atoms with Crippen molar-refractivity contribution in [3.05, 3.63) is 52.4 Å². The van der Waals surface area contributed by atoms with Crippen LogP contribution in [0.25, 0.3) is 0 Å². The van der Waals surface area contributed by atoms with E-state index < -0.39 is 0 Å². The number of benzene rings is 1. The van der Waals surface area contributed by atoms with Crippen LogP contribution in [0.15, 0.2) is 50.4 Å². The average molecular weight is 326 g/mol. The summed E-state index contributed by atoms with van der Waals surface area (Å²) in [5.41, 5.74) is 7.35. The molecule has 0 spiro atoms. The molecule has 0 saturated carbocycles.